The molecule has 7 heteroatoms. The van der Waals surface area contributed by atoms with Crippen LogP contribution in [0.5, 0.6) is 0 Å². The van der Waals surface area contributed by atoms with Gasteiger partial charge in [-0.05, 0) is 56.4 Å². The van der Waals surface area contributed by atoms with Gasteiger partial charge in [-0.3, -0.25) is 9.47 Å². The second-order valence-electron chi connectivity index (χ2n) is 6.94. The molecular weight excluding hydrogens is 383 g/mol. The molecule has 0 unspecified atom stereocenters. The minimum Gasteiger partial charge on any atom is -0.283 e. The minimum absolute atomic E-state index is 0.300. The average Bonchev–Trinajstić information content (AvgIpc) is 3.45. The van der Waals surface area contributed by atoms with Crippen LogP contribution in [0.15, 0.2) is 48.5 Å². The van der Waals surface area contributed by atoms with Crippen LogP contribution in [-0.4, -0.2) is 26.3 Å². The van der Waals surface area contributed by atoms with E-state index in [1.165, 1.54) is 6.07 Å². The molecule has 1 aliphatic rings. The predicted octanol–water partition coefficient (Wildman–Crippen LogP) is 5.16. The van der Waals surface area contributed by atoms with Crippen LogP contribution in [0, 0.1) is 10.6 Å². The van der Waals surface area contributed by atoms with Crippen molar-refractivity contribution in [1.82, 2.24) is 19.2 Å². The van der Waals surface area contributed by atoms with Crippen LogP contribution in [0.1, 0.15) is 30.1 Å². The monoisotopic (exact) mass is 402 g/mol. The van der Waals surface area contributed by atoms with Gasteiger partial charge in [0.1, 0.15) is 11.6 Å². The van der Waals surface area contributed by atoms with E-state index in [9.17, 15) is 4.39 Å². The van der Waals surface area contributed by atoms with Gasteiger partial charge in [-0.25, -0.2) is 9.07 Å². The molecule has 3 aromatic rings. The van der Waals surface area contributed by atoms with Crippen molar-refractivity contribution in [2.75, 3.05) is 7.05 Å². The highest BCUT2D eigenvalue weighted by Crippen LogP contribution is 2.40. The van der Waals surface area contributed by atoms with Crippen molar-refractivity contribution in [1.29, 1.82) is 0 Å². The van der Waals surface area contributed by atoms with Crippen LogP contribution in [0.3, 0.4) is 0 Å². The highest BCUT2D eigenvalue weighted by molar-refractivity contribution is 7.71. The average molecular weight is 403 g/mol. The summed E-state index contributed by atoms with van der Waals surface area (Å²) in [5.41, 5.74) is 1.51. The van der Waals surface area contributed by atoms with E-state index in [4.69, 9.17) is 28.9 Å². The van der Waals surface area contributed by atoms with E-state index in [2.05, 4.69) is 4.57 Å². The van der Waals surface area contributed by atoms with Gasteiger partial charge < -0.3 is 0 Å². The lowest BCUT2D eigenvalue weighted by molar-refractivity contribution is 0.240. The van der Waals surface area contributed by atoms with Gasteiger partial charge in [-0.2, -0.15) is 5.10 Å². The van der Waals surface area contributed by atoms with Gasteiger partial charge in [0.05, 0.1) is 6.67 Å². The van der Waals surface area contributed by atoms with Gasteiger partial charge >= 0.3 is 0 Å². The number of aromatic nitrogens is 3. The van der Waals surface area contributed by atoms with Gasteiger partial charge in [0.25, 0.3) is 0 Å². The third-order valence-electron chi connectivity index (χ3n) is 4.69. The van der Waals surface area contributed by atoms with Crippen molar-refractivity contribution in [2.24, 2.45) is 0 Å². The molecule has 0 bridgehead atoms. The van der Waals surface area contributed by atoms with E-state index >= 15 is 0 Å². The summed E-state index contributed by atoms with van der Waals surface area (Å²) in [7, 11) is 1.91. The van der Waals surface area contributed by atoms with Crippen LogP contribution in [0.2, 0.25) is 5.02 Å². The van der Waals surface area contributed by atoms with Gasteiger partial charge in [0.2, 0.25) is 4.77 Å². The molecule has 0 radical (unpaired) electrons. The fourth-order valence-corrected chi connectivity index (χ4v) is 3.69. The summed E-state index contributed by atoms with van der Waals surface area (Å²) in [5.74, 6) is 1.16. The predicted molar refractivity (Wildman–Crippen MR) is 107 cm³/mol. The number of rotatable bonds is 6. The zero-order valence-electron chi connectivity index (χ0n) is 15.0. The van der Waals surface area contributed by atoms with Crippen LogP contribution in [0.4, 0.5) is 4.39 Å². The highest BCUT2D eigenvalue weighted by Gasteiger charge is 2.30. The Morgan fingerprint density at radius 3 is 2.59 bits per heavy atom. The van der Waals surface area contributed by atoms with Crippen molar-refractivity contribution in [3.05, 3.63) is 75.5 Å². The molecule has 0 N–H and O–H groups in total. The van der Waals surface area contributed by atoms with E-state index in [-0.39, 0.29) is 5.82 Å². The lowest BCUT2D eigenvalue weighted by atomic mass is 10.2. The molecule has 0 aliphatic heterocycles. The first kappa shape index (κ1) is 18.3. The normalized spacial score (nSPS) is 14.1. The van der Waals surface area contributed by atoms with Crippen LogP contribution < -0.4 is 0 Å². The molecule has 0 saturated heterocycles. The Kier molecular flexibility index (Phi) is 5.12. The molecule has 0 spiro atoms. The van der Waals surface area contributed by atoms with E-state index < -0.39 is 0 Å². The van der Waals surface area contributed by atoms with E-state index in [1.54, 1.807) is 12.1 Å². The van der Waals surface area contributed by atoms with Gasteiger partial charge in [0.15, 0.2) is 0 Å². The first-order valence-electron chi connectivity index (χ1n) is 8.91. The van der Waals surface area contributed by atoms with Crippen molar-refractivity contribution in [3.8, 4) is 5.69 Å². The summed E-state index contributed by atoms with van der Waals surface area (Å²) < 4.78 is 18.6. The fourth-order valence-electron chi connectivity index (χ4n) is 3.17. The number of nitrogens with zero attached hydrogens (tertiary/aromatic N) is 4. The minimum atomic E-state index is -0.300. The molecule has 1 fully saturated rings. The van der Waals surface area contributed by atoms with Gasteiger partial charge in [0, 0.05) is 28.7 Å². The highest BCUT2D eigenvalue weighted by atomic mass is 35.5. The first-order valence-corrected chi connectivity index (χ1v) is 9.70. The first-order chi connectivity index (χ1) is 13.0. The molecule has 0 amide bonds. The molecular formula is C20H20ClFN4S. The maximum absolute atomic E-state index is 14.1. The second kappa shape index (κ2) is 7.54. The molecule has 1 saturated carbocycles. The SMILES string of the molecule is CN(Cc1c(F)cccc1Cl)Cn1nc(C2CC2)n(-c2ccccc2)c1=S. The number of halogens is 2. The standard InChI is InChI=1S/C20H20ClFN4S/c1-24(12-16-17(21)8-5-9-18(16)22)13-25-20(27)26(15-6-3-2-4-7-15)19(23-25)14-10-11-14/h2-9,14H,10-13H2,1H3. The molecule has 1 aromatic heterocycles. The number of benzene rings is 2. The molecule has 0 atom stereocenters. The Bertz CT molecular complexity index is 990. The Labute approximate surface area is 167 Å². The largest absolute Gasteiger partial charge is 0.283 e. The summed E-state index contributed by atoms with van der Waals surface area (Å²) in [6.45, 7) is 0.841. The van der Waals surface area contributed by atoms with Gasteiger partial charge in [-0.1, -0.05) is 35.9 Å². The Morgan fingerprint density at radius 1 is 1.19 bits per heavy atom. The van der Waals surface area contributed by atoms with Gasteiger partial charge in [-0.15, -0.1) is 0 Å². The Morgan fingerprint density at radius 2 is 1.93 bits per heavy atom. The lowest BCUT2D eigenvalue weighted by Crippen LogP contribution is -2.23. The molecule has 27 heavy (non-hydrogen) atoms. The lowest BCUT2D eigenvalue weighted by Gasteiger charge is -2.17. The fraction of sp³-hybridized carbons (Fsp3) is 0.300. The Balaban J connectivity index is 1.62. The van der Waals surface area contributed by atoms with E-state index in [0.717, 1.165) is 24.4 Å². The van der Waals surface area contributed by atoms with Crippen LogP contribution >= 0.6 is 23.8 Å². The number of hydrogen-bond donors (Lipinski definition) is 0. The van der Waals surface area contributed by atoms with E-state index in [1.807, 2.05) is 47.0 Å². The zero-order valence-corrected chi connectivity index (χ0v) is 16.6. The smallest absolute Gasteiger partial charge is 0.203 e. The second-order valence-corrected chi connectivity index (χ2v) is 7.71. The number of hydrogen-bond acceptors (Lipinski definition) is 3. The van der Waals surface area contributed by atoms with Crippen molar-refractivity contribution >= 4 is 23.8 Å². The summed E-state index contributed by atoms with van der Waals surface area (Å²) >= 11 is 11.9. The molecule has 4 nitrogen and oxygen atoms in total. The van der Waals surface area contributed by atoms with E-state index in [0.29, 0.717) is 34.5 Å². The summed E-state index contributed by atoms with van der Waals surface area (Å²) in [6, 6.07) is 14.8. The Hall–Kier alpha value is -2.02. The molecule has 140 valence electrons. The van der Waals surface area contributed by atoms with Crippen LogP contribution in [-0.2, 0) is 13.2 Å². The quantitative estimate of drug-likeness (QED) is 0.532. The maximum Gasteiger partial charge on any atom is 0.203 e. The molecule has 4 rings (SSSR count). The zero-order chi connectivity index (χ0) is 19.0. The summed E-state index contributed by atoms with van der Waals surface area (Å²) in [5, 5.41) is 5.21. The van der Waals surface area contributed by atoms with Crippen LogP contribution in [0.25, 0.3) is 5.69 Å². The van der Waals surface area contributed by atoms with Crippen molar-refractivity contribution < 1.29 is 4.39 Å². The third-order valence-corrected chi connectivity index (χ3v) is 5.43. The molecule has 1 heterocycles. The topological polar surface area (TPSA) is 26.0 Å². The summed E-state index contributed by atoms with van der Waals surface area (Å²) in [4.78, 5) is 1.96. The molecule has 2 aromatic carbocycles. The maximum atomic E-state index is 14.1. The van der Waals surface area contributed by atoms with Crippen molar-refractivity contribution in [2.45, 2.75) is 32.0 Å². The third kappa shape index (κ3) is 3.83. The summed E-state index contributed by atoms with van der Waals surface area (Å²) in [6.07, 6.45) is 2.28. The number of para-hydroxylation sites is 1. The molecule has 1 aliphatic carbocycles. The van der Waals surface area contributed by atoms with Crippen molar-refractivity contribution in [3.63, 3.8) is 0 Å².